The predicted octanol–water partition coefficient (Wildman–Crippen LogP) is 3.49. The molecular formula is C23H28FN3O4. The van der Waals surface area contributed by atoms with Crippen molar-refractivity contribution in [1.29, 1.82) is 0 Å². The summed E-state index contributed by atoms with van der Waals surface area (Å²) in [4.78, 5) is 8.76. The molecule has 31 heavy (non-hydrogen) atoms. The average Bonchev–Trinajstić information content (AvgIpc) is 2.76. The third kappa shape index (κ3) is 5.32. The first-order chi connectivity index (χ1) is 15.0. The van der Waals surface area contributed by atoms with Crippen LogP contribution in [-0.4, -0.2) is 51.6 Å². The van der Waals surface area contributed by atoms with Crippen LogP contribution in [0.5, 0.6) is 17.2 Å². The molecule has 1 aliphatic carbocycles. The second-order valence-electron chi connectivity index (χ2n) is 7.38. The van der Waals surface area contributed by atoms with Crippen molar-refractivity contribution in [3.63, 3.8) is 0 Å². The molecule has 0 atom stereocenters. The van der Waals surface area contributed by atoms with E-state index < -0.39 is 5.82 Å². The number of nitrogens with zero attached hydrogens (tertiary/aromatic N) is 2. The number of benzene rings is 2. The number of aliphatic hydroxyl groups is 1. The summed E-state index contributed by atoms with van der Waals surface area (Å²) in [5.41, 5.74) is 1.71. The molecule has 1 aliphatic rings. The van der Waals surface area contributed by atoms with Gasteiger partial charge in [0.2, 0.25) is 0 Å². The zero-order valence-corrected chi connectivity index (χ0v) is 18.0. The van der Waals surface area contributed by atoms with Gasteiger partial charge in [0.05, 0.1) is 34.0 Å². The zero-order chi connectivity index (χ0) is 22.4. The van der Waals surface area contributed by atoms with Gasteiger partial charge in [-0.25, -0.2) is 4.39 Å². The van der Waals surface area contributed by atoms with Crippen molar-refractivity contribution < 1.29 is 23.7 Å². The van der Waals surface area contributed by atoms with Crippen molar-refractivity contribution in [3.8, 4) is 17.2 Å². The molecule has 0 heterocycles. The van der Waals surface area contributed by atoms with Gasteiger partial charge in [0, 0.05) is 29.8 Å². The molecular weight excluding hydrogens is 401 g/mol. The largest absolute Gasteiger partial charge is 0.497 e. The van der Waals surface area contributed by atoms with E-state index in [-0.39, 0.29) is 18.4 Å². The van der Waals surface area contributed by atoms with E-state index >= 15 is 0 Å². The van der Waals surface area contributed by atoms with Crippen molar-refractivity contribution in [1.82, 2.24) is 5.32 Å². The lowest BCUT2D eigenvalue weighted by atomic mass is 9.82. The highest BCUT2D eigenvalue weighted by Gasteiger charge is 2.27. The highest BCUT2D eigenvalue weighted by Crippen LogP contribution is 2.33. The van der Waals surface area contributed by atoms with Crippen molar-refractivity contribution in [2.45, 2.75) is 25.5 Å². The maximum Gasteiger partial charge on any atom is 0.148 e. The Morgan fingerprint density at radius 2 is 1.87 bits per heavy atom. The third-order valence-electron chi connectivity index (χ3n) is 5.34. The van der Waals surface area contributed by atoms with Gasteiger partial charge >= 0.3 is 0 Å². The lowest BCUT2D eigenvalue weighted by Crippen LogP contribution is -2.38. The fraction of sp³-hybridized carbons (Fsp3) is 0.391. The minimum Gasteiger partial charge on any atom is -0.497 e. The minimum absolute atomic E-state index is 0.254. The first-order valence-electron chi connectivity index (χ1n) is 10.0. The van der Waals surface area contributed by atoms with Gasteiger partial charge in [0.25, 0.3) is 0 Å². The molecule has 166 valence electrons. The van der Waals surface area contributed by atoms with E-state index in [1.807, 2.05) is 12.1 Å². The molecule has 2 aromatic rings. The number of hydrogen-bond donors (Lipinski definition) is 2. The number of hydrogen-bond acceptors (Lipinski definition) is 6. The molecule has 0 bridgehead atoms. The van der Waals surface area contributed by atoms with Gasteiger partial charge in [-0.1, -0.05) is 0 Å². The summed E-state index contributed by atoms with van der Waals surface area (Å²) in [7, 11) is 4.63. The van der Waals surface area contributed by atoms with Gasteiger partial charge in [-0.2, -0.15) is 0 Å². The molecule has 7 nitrogen and oxygen atoms in total. The predicted molar refractivity (Wildman–Crippen MR) is 119 cm³/mol. The number of nitrogens with one attached hydrogen (secondary N) is 1. The van der Waals surface area contributed by atoms with E-state index in [2.05, 4.69) is 17.0 Å². The SMILES string of the molecule is C=Nc1c(OC)cc(F)cc1C(=NCc1ccc(OC)cc1OC)NCC1CC(O)C1. The number of halogens is 1. The number of amidine groups is 1. The van der Waals surface area contributed by atoms with Crippen LogP contribution in [-0.2, 0) is 6.54 Å². The summed E-state index contributed by atoms with van der Waals surface area (Å²) in [6.07, 6.45) is 1.20. The van der Waals surface area contributed by atoms with E-state index in [4.69, 9.17) is 19.2 Å². The molecule has 1 saturated carbocycles. The van der Waals surface area contributed by atoms with Crippen LogP contribution in [0.1, 0.15) is 24.0 Å². The average molecular weight is 429 g/mol. The minimum atomic E-state index is -0.463. The highest BCUT2D eigenvalue weighted by molar-refractivity contribution is 6.04. The monoisotopic (exact) mass is 429 g/mol. The summed E-state index contributed by atoms with van der Waals surface area (Å²) in [5, 5.41) is 12.9. The Balaban J connectivity index is 1.95. The molecule has 2 aromatic carbocycles. The van der Waals surface area contributed by atoms with Crippen LogP contribution >= 0.6 is 0 Å². The number of aliphatic imine (C=N–C) groups is 2. The Hall–Kier alpha value is -3.13. The van der Waals surface area contributed by atoms with Crippen molar-refractivity contribution in [3.05, 3.63) is 47.3 Å². The fourth-order valence-corrected chi connectivity index (χ4v) is 3.56. The summed E-state index contributed by atoms with van der Waals surface area (Å²) in [6.45, 7) is 4.50. The summed E-state index contributed by atoms with van der Waals surface area (Å²) < 4.78 is 30.3. The van der Waals surface area contributed by atoms with E-state index in [1.54, 1.807) is 20.3 Å². The Morgan fingerprint density at radius 3 is 2.48 bits per heavy atom. The lowest BCUT2D eigenvalue weighted by Gasteiger charge is -2.32. The molecule has 0 aromatic heterocycles. The van der Waals surface area contributed by atoms with E-state index in [0.29, 0.717) is 41.0 Å². The van der Waals surface area contributed by atoms with Crippen LogP contribution in [0.15, 0.2) is 40.3 Å². The Labute approximate surface area is 181 Å². The van der Waals surface area contributed by atoms with Gasteiger partial charge in [0.1, 0.15) is 34.6 Å². The van der Waals surface area contributed by atoms with E-state index in [1.165, 1.54) is 19.2 Å². The summed E-state index contributed by atoms with van der Waals surface area (Å²) >= 11 is 0. The normalized spacial score (nSPS) is 18.2. The second-order valence-corrected chi connectivity index (χ2v) is 7.38. The standard InChI is InChI=1S/C23H28FN3O4/c1-25-22-19(9-16(24)10-21(22)31-4)23(26-12-14-7-17(28)8-14)27-13-15-5-6-18(29-2)11-20(15)30-3/h5-6,9-11,14,17,28H,1,7-8,12-13H2,2-4H3,(H,26,27). The first kappa shape index (κ1) is 22.6. The highest BCUT2D eigenvalue weighted by atomic mass is 19.1. The summed E-state index contributed by atoms with van der Waals surface area (Å²) in [6, 6.07) is 8.12. The van der Waals surface area contributed by atoms with Crippen LogP contribution in [0.25, 0.3) is 0 Å². The summed E-state index contributed by atoms with van der Waals surface area (Å²) in [5.74, 6) is 1.93. The molecule has 0 amide bonds. The van der Waals surface area contributed by atoms with Crippen molar-refractivity contribution in [2.24, 2.45) is 15.9 Å². The topological polar surface area (TPSA) is 84.7 Å². The van der Waals surface area contributed by atoms with Gasteiger partial charge in [-0.05, 0) is 43.7 Å². The van der Waals surface area contributed by atoms with Crippen LogP contribution in [0, 0.1) is 11.7 Å². The maximum absolute atomic E-state index is 14.3. The van der Waals surface area contributed by atoms with Gasteiger partial charge in [-0.3, -0.25) is 9.98 Å². The maximum atomic E-state index is 14.3. The van der Waals surface area contributed by atoms with Crippen LogP contribution < -0.4 is 19.5 Å². The van der Waals surface area contributed by atoms with Crippen LogP contribution in [0.4, 0.5) is 10.1 Å². The quantitative estimate of drug-likeness (QED) is 0.471. The third-order valence-corrected chi connectivity index (χ3v) is 5.34. The van der Waals surface area contributed by atoms with E-state index in [0.717, 1.165) is 18.4 Å². The van der Waals surface area contributed by atoms with Crippen molar-refractivity contribution in [2.75, 3.05) is 27.9 Å². The fourth-order valence-electron chi connectivity index (χ4n) is 3.56. The lowest BCUT2D eigenvalue weighted by molar-refractivity contribution is 0.0450. The molecule has 8 heteroatoms. The molecule has 0 radical (unpaired) electrons. The van der Waals surface area contributed by atoms with Gasteiger partial charge < -0.3 is 24.6 Å². The number of aliphatic hydroxyl groups excluding tert-OH is 1. The number of ether oxygens (including phenoxy) is 3. The number of rotatable bonds is 9. The molecule has 2 N–H and O–H groups in total. The Morgan fingerprint density at radius 1 is 1.13 bits per heavy atom. The number of methoxy groups -OCH3 is 3. The first-order valence-corrected chi connectivity index (χ1v) is 10.0. The second kappa shape index (κ2) is 10.3. The molecule has 0 aliphatic heterocycles. The van der Waals surface area contributed by atoms with Gasteiger partial charge in [0.15, 0.2) is 0 Å². The van der Waals surface area contributed by atoms with Gasteiger partial charge in [-0.15, -0.1) is 0 Å². The Bertz CT molecular complexity index is 958. The Kier molecular flexibility index (Phi) is 7.46. The van der Waals surface area contributed by atoms with Crippen LogP contribution in [0.3, 0.4) is 0 Å². The molecule has 1 fully saturated rings. The van der Waals surface area contributed by atoms with Crippen molar-refractivity contribution >= 4 is 18.2 Å². The van der Waals surface area contributed by atoms with E-state index in [9.17, 15) is 9.50 Å². The smallest absolute Gasteiger partial charge is 0.148 e. The van der Waals surface area contributed by atoms with Crippen LogP contribution in [0.2, 0.25) is 0 Å². The molecule has 3 rings (SSSR count). The molecule has 0 unspecified atom stereocenters. The zero-order valence-electron chi connectivity index (χ0n) is 18.0. The molecule has 0 saturated heterocycles. The molecule has 0 spiro atoms.